The van der Waals surface area contributed by atoms with Gasteiger partial charge < -0.3 is 0 Å². The van der Waals surface area contributed by atoms with Gasteiger partial charge in [0.25, 0.3) is 0 Å². The van der Waals surface area contributed by atoms with Gasteiger partial charge in [0, 0.05) is 0 Å². The van der Waals surface area contributed by atoms with Gasteiger partial charge in [0.1, 0.15) is 11.5 Å². The van der Waals surface area contributed by atoms with Crippen LogP contribution >= 0.6 is 11.6 Å². The predicted octanol–water partition coefficient (Wildman–Crippen LogP) is 4.35. The zero-order chi connectivity index (χ0) is 12.8. The van der Waals surface area contributed by atoms with Crippen LogP contribution in [0.4, 0.5) is 17.6 Å². The summed E-state index contributed by atoms with van der Waals surface area (Å²) in [7, 11) is 0. The molecule has 0 aliphatic carbocycles. The van der Waals surface area contributed by atoms with Crippen LogP contribution in [0.5, 0.6) is 0 Å². The third-order valence-corrected chi connectivity index (χ3v) is 2.65. The average Bonchev–Trinajstić information content (AvgIpc) is 2.21. The lowest BCUT2D eigenvalue weighted by Crippen LogP contribution is -2.08. The molecule has 6 heteroatoms. The van der Waals surface area contributed by atoms with Crippen LogP contribution in [0.25, 0.3) is 10.9 Å². The first-order valence-corrected chi connectivity index (χ1v) is 5.01. The molecule has 0 fully saturated rings. The van der Waals surface area contributed by atoms with E-state index in [1.165, 1.54) is 6.07 Å². The highest BCUT2D eigenvalue weighted by Crippen LogP contribution is 2.34. The quantitative estimate of drug-likeness (QED) is 0.644. The SMILES string of the molecule is Cc1ccc(F)c2c(Cl)cc(C(F)(F)F)nc12. The fourth-order valence-corrected chi connectivity index (χ4v) is 1.82. The summed E-state index contributed by atoms with van der Waals surface area (Å²) in [6.07, 6.45) is -4.60. The van der Waals surface area contributed by atoms with Crippen molar-refractivity contribution in [1.82, 2.24) is 4.98 Å². The molecule has 17 heavy (non-hydrogen) atoms. The summed E-state index contributed by atoms with van der Waals surface area (Å²) < 4.78 is 51.0. The first-order valence-electron chi connectivity index (χ1n) is 4.63. The van der Waals surface area contributed by atoms with Gasteiger partial charge in [-0.25, -0.2) is 9.37 Å². The second-order valence-electron chi connectivity index (χ2n) is 3.57. The van der Waals surface area contributed by atoms with E-state index in [-0.39, 0.29) is 15.9 Å². The number of rotatable bonds is 0. The summed E-state index contributed by atoms with van der Waals surface area (Å²) in [4.78, 5) is 3.42. The van der Waals surface area contributed by atoms with Crippen LogP contribution in [0.2, 0.25) is 5.02 Å². The largest absolute Gasteiger partial charge is 0.433 e. The van der Waals surface area contributed by atoms with Crippen LogP contribution in [-0.2, 0) is 6.18 Å². The van der Waals surface area contributed by atoms with Gasteiger partial charge in [-0.2, -0.15) is 13.2 Å². The monoisotopic (exact) mass is 263 g/mol. The second kappa shape index (κ2) is 3.84. The average molecular weight is 264 g/mol. The maximum Gasteiger partial charge on any atom is 0.433 e. The summed E-state index contributed by atoms with van der Waals surface area (Å²) in [6, 6.07) is 3.14. The summed E-state index contributed by atoms with van der Waals surface area (Å²) in [5.74, 6) is -0.683. The van der Waals surface area contributed by atoms with E-state index < -0.39 is 17.7 Å². The minimum absolute atomic E-state index is 0.0650. The Bertz CT molecular complexity index is 592. The van der Waals surface area contributed by atoms with Crippen LogP contribution in [-0.4, -0.2) is 4.98 Å². The molecule has 1 heterocycles. The van der Waals surface area contributed by atoms with Crippen LogP contribution < -0.4 is 0 Å². The lowest BCUT2D eigenvalue weighted by atomic mass is 10.1. The zero-order valence-electron chi connectivity index (χ0n) is 8.57. The number of nitrogens with zero attached hydrogens (tertiary/aromatic N) is 1. The molecule has 0 N–H and O–H groups in total. The van der Waals surface area contributed by atoms with Gasteiger partial charge in [0.15, 0.2) is 0 Å². The van der Waals surface area contributed by atoms with Crippen LogP contribution in [0.3, 0.4) is 0 Å². The Morgan fingerprint density at radius 2 is 1.88 bits per heavy atom. The molecule has 1 aromatic carbocycles. The maximum absolute atomic E-state index is 13.4. The molecule has 0 saturated carbocycles. The molecule has 90 valence electrons. The molecule has 2 aromatic rings. The highest BCUT2D eigenvalue weighted by Gasteiger charge is 2.33. The van der Waals surface area contributed by atoms with Gasteiger partial charge in [0.2, 0.25) is 0 Å². The molecule has 0 radical (unpaired) electrons. The minimum atomic E-state index is -4.60. The highest BCUT2D eigenvalue weighted by molar-refractivity contribution is 6.35. The molecule has 0 amide bonds. The van der Waals surface area contributed by atoms with Gasteiger partial charge in [-0.15, -0.1) is 0 Å². The molecule has 0 saturated heterocycles. The normalized spacial score (nSPS) is 12.1. The number of hydrogen-bond donors (Lipinski definition) is 0. The number of alkyl halides is 3. The zero-order valence-corrected chi connectivity index (χ0v) is 9.33. The number of fused-ring (bicyclic) bond motifs is 1. The van der Waals surface area contributed by atoms with E-state index in [1.54, 1.807) is 6.92 Å². The lowest BCUT2D eigenvalue weighted by Gasteiger charge is -2.10. The van der Waals surface area contributed by atoms with E-state index in [2.05, 4.69) is 4.98 Å². The molecule has 0 bridgehead atoms. The fraction of sp³-hybridized carbons (Fsp3) is 0.182. The molecule has 1 nitrogen and oxygen atoms in total. The van der Waals surface area contributed by atoms with Crippen molar-refractivity contribution in [3.63, 3.8) is 0 Å². The maximum atomic E-state index is 13.4. The van der Waals surface area contributed by atoms with Crippen LogP contribution in [0.15, 0.2) is 18.2 Å². The minimum Gasteiger partial charge on any atom is -0.243 e. The second-order valence-corrected chi connectivity index (χ2v) is 3.98. The molecule has 2 rings (SSSR count). The van der Waals surface area contributed by atoms with Crippen molar-refractivity contribution in [2.75, 3.05) is 0 Å². The fourth-order valence-electron chi connectivity index (χ4n) is 1.53. The highest BCUT2D eigenvalue weighted by atomic mass is 35.5. The number of halogens is 5. The van der Waals surface area contributed by atoms with E-state index in [9.17, 15) is 17.6 Å². The van der Waals surface area contributed by atoms with Gasteiger partial charge in [-0.3, -0.25) is 0 Å². The van der Waals surface area contributed by atoms with E-state index in [0.29, 0.717) is 11.6 Å². The molecule has 0 unspecified atom stereocenters. The lowest BCUT2D eigenvalue weighted by molar-refractivity contribution is -0.140. The summed E-state index contributed by atoms with van der Waals surface area (Å²) in [5, 5.41) is -0.372. The third kappa shape index (κ3) is 2.07. The smallest absolute Gasteiger partial charge is 0.243 e. The topological polar surface area (TPSA) is 12.9 Å². The van der Waals surface area contributed by atoms with Crippen LogP contribution in [0.1, 0.15) is 11.3 Å². The molecular formula is C11H6ClF4N. The van der Waals surface area contributed by atoms with Crippen molar-refractivity contribution >= 4 is 22.5 Å². The van der Waals surface area contributed by atoms with E-state index in [0.717, 1.165) is 6.07 Å². The number of hydrogen-bond acceptors (Lipinski definition) is 1. The Hall–Kier alpha value is -1.36. The number of benzene rings is 1. The Labute approximate surface area is 99.0 Å². The van der Waals surface area contributed by atoms with Crippen molar-refractivity contribution in [2.24, 2.45) is 0 Å². The standard InChI is InChI=1S/C11H6ClF4N/c1-5-2-3-7(13)9-6(12)4-8(11(14,15)16)17-10(5)9/h2-4H,1H3. The molecule has 0 aliphatic rings. The van der Waals surface area contributed by atoms with Crippen LogP contribution in [0, 0.1) is 12.7 Å². The Morgan fingerprint density at radius 3 is 2.47 bits per heavy atom. The van der Waals surface area contributed by atoms with Crippen molar-refractivity contribution in [2.45, 2.75) is 13.1 Å². The molecule has 0 spiro atoms. The summed E-state index contributed by atoms with van der Waals surface area (Å²) in [6.45, 7) is 1.55. The first kappa shape index (κ1) is 12.1. The van der Waals surface area contributed by atoms with Crippen molar-refractivity contribution in [1.29, 1.82) is 0 Å². The van der Waals surface area contributed by atoms with E-state index in [4.69, 9.17) is 11.6 Å². The molecule has 0 atom stereocenters. The van der Waals surface area contributed by atoms with E-state index in [1.807, 2.05) is 0 Å². The van der Waals surface area contributed by atoms with Gasteiger partial charge in [-0.05, 0) is 24.6 Å². The summed E-state index contributed by atoms with van der Waals surface area (Å²) >= 11 is 5.67. The number of aromatic nitrogens is 1. The number of aryl methyl sites for hydroxylation is 1. The Morgan fingerprint density at radius 1 is 1.24 bits per heavy atom. The summed E-state index contributed by atoms with van der Waals surface area (Å²) in [5.41, 5.74) is -0.747. The third-order valence-electron chi connectivity index (χ3n) is 2.35. The Balaban J connectivity index is 2.87. The van der Waals surface area contributed by atoms with E-state index >= 15 is 0 Å². The van der Waals surface area contributed by atoms with Crippen molar-refractivity contribution < 1.29 is 17.6 Å². The molecular weight excluding hydrogens is 258 g/mol. The number of pyridine rings is 1. The van der Waals surface area contributed by atoms with Gasteiger partial charge in [-0.1, -0.05) is 17.7 Å². The molecule has 0 aliphatic heterocycles. The van der Waals surface area contributed by atoms with Gasteiger partial charge >= 0.3 is 6.18 Å². The van der Waals surface area contributed by atoms with Gasteiger partial charge in [0.05, 0.1) is 15.9 Å². The molecule has 1 aromatic heterocycles. The van der Waals surface area contributed by atoms with Crippen molar-refractivity contribution in [3.05, 3.63) is 40.3 Å². The first-order chi connectivity index (χ1) is 7.80. The van der Waals surface area contributed by atoms with Crippen molar-refractivity contribution in [3.8, 4) is 0 Å². The Kier molecular flexibility index (Phi) is 2.73. The predicted molar refractivity (Wildman–Crippen MR) is 56.5 cm³/mol.